The highest BCUT2D eigenvalue weighted by Gasteiger charge is 2.33. The average molecular weight is 273 g/mol. The van der Waals surface area contributed by atoms with Gasteiger partial charge in [-0.3, -0.25) is 0 Å². The zero-order chi connectivity index (χ0) is 13.3. The highest BCUT2D eigenvalue weighted by Crippen LogP contribution is 2.28. The molecule has 94 valence electrons. The maximum Gasteiger partial charge on any atom is 0.433 e. The zero-order valence-corrected chi connectivity index (χ0v) is 9.53. The number of nitrogens with zero attached hydrogens (tertiary/aromatic N) is 4. The van der Waals surface area contributed by atoms with Gasteiger partial charge in [-0.1, -0.05) is 12.2 Å². The Kier molecular flexibility index (Phi) is 2.99. The van der Waals surface area contributed by atoms with Gasteiger partial charge >= 0.3 is 6.18 Å². The van der Waals surface area contributed by atoms with Gasteiger partial charge in [0.1, 0.15) is 23.3 Å². The van der Waals surface area contributed by atoms with Crippen molar-refractivity contribution in [2.75, 3.05) is 0 Å². The molecule has 2 rings (SSSR count). The van der Waals surface area contributed by atoms with E-state index in [9.17, 15) is 13.2 Å². The summed E-state index contributed by atoms with van der Waals surface area (Å²) in [5, 5.41) is 3.71. The fourth-order valence-electron chi connectivity index (χ4n) is 1.29. The Bertz CT molecular complexity index is 578. The topological polar surface area (TPSA) is 69.6 Å². The minimum Gasteiger partial charge on any atom is -0.389 e. The van der Waals surface area contributed by atoms with E-state index in [1.165, 1.54) is 12.7 Å². The summed E-state index contributed by atoms with van der Waals surface area (Å²) in [7, 11) is 0. The van der Waals surface area contributed by atoms with Crippen molar-refractivity contribution in [1.29, 1.82) is 0 Å². The standard InChI is InChI=1S/C9H6F3N5S/c10-9(11,12)6-2-1-5(7(13)18)8(16-6)17-4-14-3-15-17/h1-4H,(H2,13,18). The molecule has 0 radical (unpaired) electrons. The van der Waals surface area contributed by atoms with Gasteiger partial charge in [-0.15, -0.1) is 0 Å². The molecule has 2 N–H and O–H groups in total. The third-order valence-electron chi connectivity index (χ3n) is 2.07. The highest BCUT2D eigenvalue weighted by atomic mass is 32.1. The molecule has 0 aliphatic heterocycles. The number of hydrogen-bond donors (Lipinski definition) is 1. The molecule has 5 nitrogen and oxygen atoms in total. The summed E-state index contributed by atoms with van der Waals surface area (Å²) in [4.78, 5) is 7.05. The zero-order valence-electron chi connectivity index (χ0n) is 8.72. The molecule has 0 fully saturated rings. The van der Waals surface area contributed by atoms with Crippen LogP contribution < -0.4 is 5.73 Å². The van der Waals surface area contributed by atoms with Gasteiger partial charge in [-0.25, -0.2) is 14.6 Å². The largest absolute Gasteiger partial charge is 0.433 e. The first-order valence-electron chi connectivity index (χ1n) is 4.62. The molecule has 0 saturated carbocycles. The summed E-state index contributed by atoms with van der Waals surface area (Å²) >= 11 is 4.76. The van der Waals surface area contributed by atoms with Gasteiger partial charge < -0.3 is 5.73 Å². The number of thiocarbonyl (C=S) groups is 1. The summed E-state index contributed by atoms with van der Waals surface area (Å²) < 4.78 is 38.8. The molecular formula is C9H6F3N5S. The number of halogens is 3. The van der Waals surface area contributed by atoms with Gasteiger partial charge in [-0.2, -0.15) is 18.3 Å². The Hall–Kier alpha value is -2.03. The Balaban J connectivity index is 2.63. The van der Waals surface area contributed by atoms with Crippen LogP contribution in [0.5, 0.6) is 0 Å². The molecule has 0 bridgehead atoms. The van der Waals surface area contributed by atoms with Crippen LogP contribution in [0.2, 0.25) is 0 Å². The van der Waals surface area contributed by atoms with Gasteiger partial charge in [0.05, 0.1) is 5.56 Å². The monoisotopic (exact) mass is 273 g/mol. The number of hydrogen-bond acceptors (Lipinski definition) is 4. The van der Waals surface area contributed by atoms with Gasteiger partial charge in [0.15, 0.2) is 5.82 Å². The molecule has 0 aliphatic rings. The minimum absolute atomic E-state index is 0.0678. The van der Waals surface area contributed by atoms with Crippen molar-refractivity contribution in [2.45, 2.75) is 6.18 Å². The molecule has 0 atom stereocenters. The summed E-state index contributed by atoms with van der Waals surface area (Å²) in [5.74, 6) is -0.102. The van der Waals surface area contributed by atoms with E-state index in [-0.39, 0.29) is 16.4 Å². The lowest BCUT2D eigenvalue weighted by atomic mass is 10.2. The fourth-order valence-corrected chi connectivity index (χ4v) is 1.45. The Labute approximate surface area is 104 Å². The lowest BCUT2D eigenvalue weighted by Gasteiger charge is -2.11. The lowest BCUT2D eigenvalue weighted by Crippen LogP contribution is -2.18. The van der Waals surface area contributed by atoms with Crippen LogP contribution in [0.3, 0.4) is 0 Å². The third-order valence-corrected chi connectivity index (χ3v) is 2.29. The second-order valence-corrected chi connectivity index (χ2v) is 3.71. The molecule has 2 heterocycles. The molecule has 18 heavy (non-hydrogen) atoms. The smallest absolute Gasteiger partial charge is 0.389 e. The summed E-state index contributed by atoms with van der Waals surface area (Å²) in [6, 6.07) is 1.98. The normalized spacial score (nSPS) is 11.5. The molecule has 0 spiro atoms. The molecule has 0 aromatic carbocycles. The number of pyridine rings is 1. The Morgan fingerprint density at radius 1 is 1.33 bits per heavy atom. The third kappa shape index (κ3) is 2.30. The van der Waals surface area contributed by atoms with Crippen LogP contribution in [-0.4, -0.2) is 24.7 Å². The van der Waals surface area contributed by atoms with Gasteiger partial charge in [0.2, 0.25) is 0 Å². The predicted octanol–water partition coefficient (Wildman–Crippen LogP) is 1.32. The SMILES string of the molecule is NC(=S)c1ccc(C(F)(F)F)nc1-n1cncn1. The molecule has 0 amide bonds. The van der Waals surface area contributed by atoms with Crippen LogP contribution >= 0.6 is 12.2 Å². The van der Waals surface area contributed by atoms with E-state index < -0.39 is 11.9 Å². The van der Waals surface area contributed by atoms with Crippen molar-refractivity contribution in [2.24, 2.45) is 5.73 Å². The predicted molar refractivity (Wildman–Crippen MR) is 60.0 cm³/mol. The van der Waals surface area contributed by atoms with Gasteiger partial charge in [0.25, 0.3) is 0 Å². The van der Waals surface area contributed by atoms with Crippen molar-refractivity contribution in [1.82, 2.24) is 19.7 Å². The molecule has 0 saturated heterocycles. The van der Waals surface area contributed by atoms with Crippen molar-refractivity contribution >= 4 is 17.2 Å². The molecule has 0 unspecified atom stereocenters. The van der Waals surface area contributed by atoms with Crippen LogP contribution in [0.25, 0.3) is 5.82 Å². The van der Waals surface area contributed by atoms with Gasteiger partial charge in [-0.05, 0) is 12.1 Å². The quantitative estimate of drug-likeness (QED) is 0.836. The lowest BCUT2D eigenvalue weighted by molar-refractivity contribution is -0.141. The summed E-state index contributed by atoms with van der Waals surface area (Å²) in [6.07, 6.45) is -2.17. The Morgan fingerprint density at radius 3 is 2.56 bits per heavy atom. The first-order valence-corrected chi connectivity index (χ1v) is 5.03. The molecule has 2 aromatic rings. The number of nitrogens with two attached hydrogens (primary N) is 1. The number of aromatic nitrogens is 4. The van der Waals surface area contributed by atoms with Gasteiger partial charge in [0, 0.05) is 0 Å². The van der Waals surface area contributed by atoms with Crippen LogP contribution in [0, 0.1) is 0 Å². The van der Waals surface area contributed by atoms with Crippen LogP contribution in [0.4, 0.5) is 13.2 Å². The van der Waals surface area contributed by atoms with E-state index in [2.05, 4.69) is 15.1 Å². The van der Waals surface area contributed by atoms with E-state index in [4.69, 9.17) is 18.0 Å². The second kappa shape index (κ2) is 4.33. The number of rotatable bonds is 2. The first-order chi connectivity index (χ1) is 8.39. The van der Waals surface area contributed by atoms with Crippen molar-refractivity contribution in [3.05, 3.63) is 36.0 Å². The maximum absolute atomic E-state index is 12.6. The second-order valence-electron chi connectivity index (χ2n) is 3.27. The van der Waals surface area contributed by atoms with Crippen molar-refractivity contribution < 1.29 is 13.2 Å². The maximum atomic E-state index is 12.6. The highest BCUT2D eigenvalue weighted by molar-refractivity contribution is 7.80. The molecule has 9 heteroatoms. The molecular weight excluding hydrogens is 267 g/mol. The van der Waals surface area contributed by atoms with Crippen LogP contribution in [0.15, 0.2) is 24.8 Å². The Morgan fingerprint density at radius 2 is 2.06 bits per heavy atom. The van der Waals surface area contributed by atoms with E-state index in [0.717, 1.165) is 16.8 Å². The van der Waals surface area contributed by atoms with Crippen LogP contribution in [-0.2, 0) is 6.18 Å². The fraction of sp³-hybridized carbons (Fsp3) is 0.111. The van der Waals surface area contributed by atoms with Crippen LogP contribution in [0.1, 0.15) is 11.3 Å². The van der Waals surface area contributed by atoms with Crippen molar-refractivity contribution in [3.63, 3.8) is 0 Å². The van der Waals surface area contributed by atoms with Crippen molar-refractivity contribution in [3.8, 4) is 5.82 Å². The minimum atomic E-state index is -4.55. The van der Waals surface area contributed by atoms with E-state index >= 15 is 0 Å². The summed E-state index contributed by atoms with van der Waals surface area (Å²) in [5.41, 5.74) is 4.58. The van der Waals surface area contributed by atoms with E-state index in [1.807, 2.05) is 0 Å². The average Bonchev–Trinajstić information content (AvgIpc) is 2.80. The van der Waals surface area contributed by atoms with E-state index in [1.54, 1.807) is 0 Å². The first kappa shape index (κ1) is 12.4. The molecule has 2 aromatic heterocycles. The van der Waals surface area contributed by atoms with E-state index in [0.29, 0.717) is 0 Å². The number of alkyl halides is 3. The summed E-state index contributed by atoms with van der Waals surface area (Å²) in [6.45, 7) is 0. The molecule has 0 aliphatic carbocycles.